The van der Waals surface area contributed by atoms with E-state index in [9.17, 15) is 0 Å². The highest BCUT2D eigenvalue weighted by atomic mass is 14.5. The Hall–Kier alpha value is -0.300. The molecule has 1 heteroatoms. The lowest BCUT2D eigenvalue weighted by molar-refractivity contribution is 0.213. The van der Waals surface area contributed by atoms with Gasteiger partial charge in [-0.1, -0.05) is 39.7 Å². The highest BCUT2D eigenvalue weighted by Crippen LogP contribution is 2.35. The molecule has 0 rings (SSSR count). The van der Waals surface area contributed by atoms with Crippen LogP contribution in [0.5, 0.6) is 0 Å². The molecule has 0 aromatic carbocycles. The Balaban J connectivity index is 3.87. The van der Waals surface area contributed by atoms with E-state index >= 15 is 0 Å². The molecule has 0 fully saturated rings. The van der Waals surface area contributed by atoms with Gasteiger partial charge in [0.15, 0.2) is 0 Å². The topological polar surface area (TPSA) is 26.0 Å². The largest absolute Gasteiger partial charge is 0.330 e. The van der Waals surface area contributed by atoms with Crippen LogP contribution in [-0.2, 0) is 0 Å². The minimum absolute atomic E-state index is 0.469. The van der Waals surface area contributed by atoms with Gasteiger partial charge in [-0.05, 0) is 50.0 Å². The summed E-state index contributed by atoms with van der Waals surface area (Å²) < 4.78 is 0. The molecule has 16 heavy (non-hydrogen) atoms. The van der Waals surface area contributed by atoms with Gasteiger partial charge < -0.3 is 5.73 Å². The number of allylic oxidation sites excluding steroid dienone is 1. The summed E-state index contributed by atoms with van der Waals surface area (Å²) in [5.74, 6) is 0.782. The zero-order valence-corrected chi connectivity index (χ0v) is 11.6. The molecule has 0 aromatic rings. The minimum atomic E-state index is 0.469. The number of rotatable bonds is 10. The molecule has 0 saturated carbocycles. The zero-order valence-electron chi connectivity index (χ0n) is 11.6. The van der Waals surface area contributed by atoms with Crippen molar-refractivity contribution in [3.8, 4) is 0 Å². The Bertz CT molecular complexity index is 174. The summed E-state index contributed by atoms with van der Waals surface area (Å²) in [7, 11) is 0. The van der Waals surface area contributed by atoms with E-state index in [0.29, 0.717) is 5.41 Å². The van der Waals surface area contributed by atoms with E-state index in [1.807, 2.05) is 6.08 Å². The second-order valence-electron chi connectivity index (χ2n) is 5.84. The monoisotopic (exact) mass is 225 g/mol. The van der Waals surface area contributed by atoms with Crippen molar-refractivity contribution in [3.05, 3.63) is 12.7 Å². The first kappa shape index (κ1) is 15.7. The fourth-order valence-corrected chi connectivity index (χ4v) is 2.68. The summed E-state index contributed by atoms with van der Waals surface area (Å²) >= 11 is 0. The first-order valence-corrected chi connectivity index (χ1v) is 6.85. The molecule has 0 spiro atoms. The second-order valence-corrected chi connectivity index (χ2v) is 5.84. The standard InChI is InChI=1S/C15H31N/c1-5-6-7-8-9-10-15(4,11-12-16)13-14(2)3/h5,14H,1,6-13,16H2,2-4H3. The van der Waals surface area contributed by atoms with Crippen LogP contribution in [-0.4, -0.2) is 6.54 Å². The number of hydrogen-bond acceptors (Lipinski definition) is 1. The second kappa shape index (κ2) is 8.81. The summed E-state index contributed by atoms with van der Waals surface area (Å²) in [5, 5.41) is 0. The molecular formula is C15H31N. The fourth-order valence-electron chi connectivity index (χ4n) is 2.68. The molecule has 0 aliphatic carbocycles. The van der Waals surface area contributed by atoms with Crippen LogP contribution in [0.3, 0.4) is 0 Å². The third kappa shape index (κ3) is 7.92. The first-order chi connectivity index (χ1) is 7.54. The average molecular weight is 225 g/mol. The Labute approximate surface area is 102 Å². The summed E-state index contributed by atoms with van der Waals surface area (Å²) in [6.07, 6.45) is 11.0. The Morgan fingerprint density at radius 1 is 1.19 bits per heavy atom. The van der Waals surface area contributed by atoms with Crippen molar-refractivity contribution in [2.45, 2.75) is 65.7 Å². The van der Waals surface area contributed by atoms with E-state index < -0.39 is 0 Å². The van der Waals surface area contributed by atoms with Crippen molar-refractivity contribution in [1.82, 2.24) is 0 Å². The van der Waals surface area contributed by atoms with E-state index in [4.69, 9.17) is 5.73 Å². The van der Waals surface area contributed by atoms with Crippen molar-refractivity contribution in [3.63, 3.8) is 0 Å². The van der Waals surface area contributed by atoms with Crippen LogP contribution in [0.25, 0.3) is 0 Å². The van der Waals surface area contributed by atoms with Gasteiger partial charge in [-0.2, -0.15) is 0 Å². The summed E-state index contributed by atoms with van der Waals surface area (Å²) in [6, 6.07) is 0. The van der Waals surface area contributed by atoms with Crippen molar-refractivity contribution in [1.29, 1.82) is 0 Å². The molecule has 0 aliphatic rings. The van der Waals surface area contributed by atoms with Gasteiger partial charge in [-0.15, -0.1) is 6.58 Å². The quantitative estimate of drug-likeness (QED) is 0.429. The summed E-state index contributed by atoms with van der Waals surface area (Å²) in [4.78, 5) is 0. The van der Waals surface area contributed by atoms with Gasteiger partial charge in [0, 0.05) is 0 Å². The Morgan fingerprint density at radius 3 is 2.38 bits per heavy atom. The maximum absolute atomic E-state index is 5.73. The van der Waals surface area contributed by atoms with E-state index in [-0.39, 0.29) is 0 Å². The van der Waals surface area contributed by atoms with Gasteiger partial charge in [0.1, 0.15) is 0 Å². The predicted molar refractivity (Wildman–Crippen MR) is 74.5 cm³/mol. The number of hydrogen-bond donors (Lipinski definition) is 1. The van der Waals surface area contributed by atoms with Crippen LogP contribution >= 0.6 is 0 Å². The van der Waals surface area contributed by atoms with E-state index in [0.717, 1.165) is 18.9 Å². The molecule has 1 nitrogen and oxygen atoms in total. The molecule has 0 aromatic heterocycles. The van der Waals surface area contributed by atoms with Gasteiger partial charge in [-0.3, -0.25) is 0 Å². The molecular weight excluding hydrogens is 194 g/mol. The van der Waals surface area contributed by atoms with Crippen LogP contribution in [0.15, 0.2) is 12.7 Å². The fraction of sp³-hybridized carbons (Fsp3) is 0.867. The van der Waals surface area contributed by atoms with Crippen molar-refractivity contribution in [2.24, 2.45) is 17.1 Å². The van der Waals surface area contributed by atoms with Crippen molar-refractivity contribution >= 4 is 0 Å². The van der Waals surface area contributed by atoms with Crippen molar-refractivity contribution < 1.29 is 0 Å². The highest BCUT2D eigenvalue weighted by molar-refractivity contribution is 4.76. The molecule has 0 bridgehead atoms. The lowest BCUT2D eigenvalue weighted by Gasteiger charge is -2.31. The molecule has 0 amide bonds. The Kier molecular flexibility index (Phi) is 8.64. The van der Waals surface area contributed by atoms with E-state index in [2.05, 4.69) is 27.4 Å². The maximum atomic E-state index is 5.73. The van der Waals surface area contributed by atoms with Crippen molar-refractivity contribution in [2.75, 3.05) is 6.54 Å². The SMILES string of the molecule is C=CCCCCCC(C)(CCN)CC(C)C. The summed E-state index contributed by atoms with van der Waals surface area (Å²) in [6.45, 7) is 11.6. The maximum Gasteiger partial charge on any atom is -0.00721 e. The van der Waals surface area contributed by atoms with Gasteiger partial charge in [0.25, 0.3) is 0 Å². The first-order valence-electron chi connectivity index (χ1n) is 6.85. The highest BCUT2D eigenvalue weighted by Gasteiger charge is 2.23. The summed E-state index contributed by atoms with van der Waals surface area (Å²) in [5.41, 5.74) is 6.20. The number of unbranched alkanes of at least 4 members (excludes halogenated alkanes) is 3. The molecule has 0 heterocycles. The van der Waals surface area contributed by atoms with Gasteiger partial charge in [0.2, 0.25) is 0 Å². The average Bonchev–Trinajstić information content (AvgIpc) is 2.16. The smallest absolute Gasteiger partial charge is 0.00721 e. The van der Waals surface area contributed by atoms with E-state index in [1.54, 1.807) is 0 Å². The van der Waals surface area contributed by atoms with Gasteiger partial charge in [0.05, 0.1) is 0 Å². The lowest BCUT2D eigenvalue weighted by atomic mass is 9.75. The molecule has 0 aliphatic heterocycles. The normalized spacial score (nSPS) is 15.1. The molecule has 0 radical (unpaired) electrons. The zero-order chi connectivity index (χ0) is 12.4. The van der Waals surface area contributed by atoms with Crippen LogP contribution in [0.2, 0.25) is 0 Å². The van der Waals surface area contributed by atoms with Crippen LogP contribution in [0, 0.1) is 11.3 Å². The molecule has 1 unspecified atom stereocenters. The minimum Gasteiger partial charge on any atom is -0.330 e. The molecule has 96 valence electrons. The Morgan fingerprint density at radius 2 is 1.88 bits per heavy atom. The predicted octanol–water partition coefficient (Wildman–Crippen LogP) is 4.52. The van der Waals surface area contributed by atoms with Crippen LogP contribution < -0.4 is 5.73 Å². The van der Waals surface area contributed by atoms with E-state index in [1.165, 1.54) is 38.5 Å². The third-order valence-corrected chi connectivity index (χ3v) is 3.34. The van der Waals surface area contributed by atoms with Crippen LogP contribution in [0.1, 0.15) is 65.7 Å². The van der Waals surface area contributed by atoms with Gasteiger partial charge >= 0.3 is 0 Å². The van der Waals surface area contributed by atoms with Crippen LogP contribution in [0.4, 0.5) is 0 Å². The lowest BCUT2D eigenvalue weighted by Crippen LogP contribution is -2.23. The third-order valence-electron chi connectivity index (χ3n) is 3.34. The molecule has 0 saturated heterocycles. The van der Waals surface area contributed by atoms with Gasteiger partial charge in [-0.25, -0.2) is 0 Å². The number of nitrogens with two attached hydrogens (primary N) is 1. The molecule has 2 N–H and O–H groups in total. The molecule has 1 atom stereocenters.